The number of rotatable bonds is 6. The van der Waals surface area contributed by atoms with Crippen LogP contribution in [0.5, 0.6) is 0 Å². The molecular formula is C10H19NO3S. The van der Waals surface area contributed by atoms with Crippen molar-refractivity contribution in [3.8, 4) is 0 Å². The lowest BCUT2D eigenvalue weighted by molar-refractivity contribution is -0.141. The quantitative estimate of drug-likeness (QED) is 0.727. The number of nitrogens with one attached hydrogen (secondary N) is 1. The fourth-order valence-electron chi connectivity index (χ4n) is 1.11. The molecule has 5 heteroatoms. The minimum atomic E-state index is -1.01. The highest BCUT2D eigenvalue weighted by molar-refractivity contribution is 8.00. The van der Waals surface area contributed by atoms with E-state index in [-0.39, 0.29) is 17.1 Å². The Balaban J connectivity index is 4.32. The summed E-state index contributed by atoms with van der Waals surface area (Å²) in [6.45, 7) is 7.36. The molecule has 0 spiro atoms. The minimum absolute atomic E-state index is 0.170. The first kappa shape index (κ1) is 14.3. The molecule has 0 rings (SSSR count). The first-order chi connectivity index (χ1) is 6.90. The molecule has 0 aromatic rings. The summed E-state index contributed by atoms with van der Waals surface area (Å²) in [5.74, 6) is -0.146. The van der Waals surface area contributed by atoms with Gasteiger partial charge in [0.05, 0.1) is 5.25 Å². The summed E-state index contributed by atoms with van der Waals surface area (Å²) >= 11 is 1.54. The SMILES string of the molecule is CCSC(C(=O)N[C@@H](C)C(=O)O)C(C)C. The number of carboxylic acids is 1. The van der Waals surface area contributed by atoms with E-state index < -0.39 is 12.0 Å². The van der Waals surface area contributed by atoms with E-state index in [4.69, 9.17) is 5.11 Å². The van der Waals surface area contributed by atoms with E-state index >= 15 is 0 Å². The van der Waals surface area contributed by atoms with Crippen LogP contribution in [-0.2, 0) is 9.59 Å². The third-order valence-corrected chi connectivity index (χ3v) is 3.39. The average Bonchev–Trinajstić information content (AvgIpc) is 2.12. The smallest absolute Gasteiger partial charge is 0.325 e. The number of carboxylic acid groups (broad SMARTS) is 1. The van der Waals surface area contributed by atoms with Crippen molar-refractivity contribution in [1.82, 2.24) is 5.32 Å². The molecule has 2 N–H and O–H groups in total. The average molecular weight is 233 g/mol. The Hall–Kier alpha value is -0.710. The van der Waals surface area contributed by atoms with E-state index in [1.165, 1.54) is 6.92 Å². The van der Waals surface area contributed by atoms with Gasteiger partial charge in [0.25, 0.3) is 0 Å². The molecule has 0 aromatic carbocycles. The Morgan fingerprint density at radius 2 is 1.87 bits per heavy atom. The molecule has 0 bridgehead atoms. The third kappa shape index (κ3) is 5.06. The summed E-state index contributed by atoms with van der Waals surface area (Å²) < 4.78 is 0. The predicted octanol–water partition coefficient (Wildman–Crippen LogP) is 1.35. The molecule has 1 amide bonds. The number of hydrogen-bond acceptors (Lipinski definition) is 3. The Morgan fingerprint density at radius 1 is 1.33 bits per heavy atom. The molecule has 0 aliphatic rings. The van der Waals surface area contributed by atoms with Crippen LogP contribution in [0.3, 0.4) is 0 Å². The second-order valence-electron chi connectivity index (χ2n) is 3.69. The summed E-state index contributed by atoms with van der Waals surface area (Å²) in [4.78, 5) is 22.3. The highest BCUT2D eigenvalue weighted by Crippen LogP contribution is 2.19. The van der Waals surface area contributed by atoms with Gasteiger partial charge in [-0.2, -0.15) is 0 Å². The minimum Gasteiger partial charge on any atom is -0.480 e. The van der Waals surface area contributed by atoms with E-state index in [9.17, 15) is 9.59 Å². The van der Waals surface area contributed by atoms with Crippen molar-refractivity contribution in [2.45, 2.75) is 39.0 Å². The predicted molar refractivity (Wildman–Crippen MR) is 62.0 cm³/mol. The Labute approximate surface area is 94.8 Å². The molecule has 0 fully saturated rings. The molecule has 0 saturated heterocycles. The zero-order chi connectivity index (χ0) is 12.0. The number of carbonyl (C=O) groups excluding carboxylic acids is 1. The van der Waals surface area contributed by atoms with Crippen LogP contribution in [-0.4, -0.2) is 34.0 Å². The summed E-state index contributed by atoms with van der Waals surface area (Å²) in [5, 5.41) is 11.0. The fourth-order valence-corrected chi connectivity index (χ4v) is 2.07. The Kier molecular flexibility index (Phi) is 6.40. The summed E-state index contributed by atoms with van der Waals surface area (Å²) in [7, 11) is 0. The van der Waals surface area contributed by atoms with Gasteiger partial charge in [-0.05, 0) is 18.6 Å². The molecule has 4 nitrogen and oxygen atoms in total. The maximum absolute atomic E-state index is 11.7. The van der Waals surface area contributed by atoms with Gasteiger partial charge in [0.1, 0.15) is 6.04 Å². The first-order valence-electron chi connectivity index (χ1n) is 5.04. The summed E-state index contributed by atoms with van der Waals surface area (Å²) in [6, 6.07) is -0.823. The van der Waals surface area contributed by atoms with E-state index in [2.05, 4.69) is 5.32 Å². The van der Waals surface area contributed by atoms with E-state index in [1.807, 2.05) is 20.8 Å². The van der Waals surface area contributed by atoms with Gasteiger partial charge in [0.15, 0.2) is 0 Å². The molecule has 88 valence electrons. The van der Waals surface area contributed by atoms with Gasteiger partial charge in [-0.25, -0.2) is 0 Å². The molecule has 0 aliphatic heterocycles. The maximum atomic E-state index is 11.7. The van der Waals surface area contributed by atoms with Crippen molar-refractivity contribution in [2.24, 2.45) is 5.92 Å². The van der Waals surface area contributed by atoms with Crippen LogP contribution >= 0.6 is 11.8 Å². The number of hydrogen-bond donors (Lipinski definition) is 2. The summed E-state index contributed by atoms with van der Waals surface area (Å²) in [6.07, 6.45) is 0. The van der Waals surface area contributed by atoms with Crippen LogP contribution in [0.4, 0.5) is 0 Å². The van der Waals surface area contributed by atoms with Gasteiger partial charge in [0.2, 0.25) is 5.91 Å². The van der Waals surface area contributed by atoms with Crippen molar-refractivity contribution >= 4 is 23.6 Å². The standard InChI is InChI=1S/C10H19NO3S/c1-5-15-8(6(2)3)9(12)11-7(4)10(13)14/h6-8H,5H2,1-4H3,(H,11,12)(H,13,14)/t7-,8?/m0/s1. The van der Waals surface area contributed by atoms with Gasteiger partial charge in [-0.3, -0.25) is 9.59 Å². The Bertz CT molecular complexity index is 231. The van der Waals surface area contributed by atoms with Crippen molar-refractivity contribution in [1.29, 1.82) is 0 Å². The van der Waals surface area contributed by atoms with Crippen molar-refractivity contribution in [3.05, 3.63) is 0 Å². The van der Waals surface area contributed by atoms with Crippen LogP contribution in [0.1, 0.15) is 27.7 Å². The molecule has 0 radical (unpaired) electrons. The van der Waals surface area contributed by atoms with Crippen molar-refractivity contribution < 1.29 is 14.7 Å². The van der Waals surface area contributed by atoms with Gasteiger partial charge >= 0.3 is 5.97 Å². The second kappa shape index (κ2) is 6.71. The molecule has 0 aliphatic carbocycles. The second-order valence-corrected chi connectivity index (χ2v) is 5.11. The normalized spacial score (nSPS) is 14.7. The first-order valence-corrected chi connectivity index (χ1v) is 6.09. The number of carbonyl (C=O) groups is 2. The highest BCUT2D eigenvalue weighted by atomic mass is 32.2. The molecule has 0 saturated carbocycles. The van der Waals surface area contributed by atoms with E-state index in [0.717, 1.165) is 5.75 Å². The molecule has 15 heavy (non-hydrogen) atoms. The van der Waals surface area contributed by atoms with Gasteiger partial charge < -0.3 is 10.4 Å². The fraction of sp³-hybridized carbons (Fsp3) is 0.800. The molecule has 0 aromatic heterocycles. The van der Waals surface area contributed by atoms with Crippen LogP contribution in [0.25, 0.3) is 0 Å². The Morgan fingerprint density at radius 3 is 2.20 bits per heavy atom. The highest BCUT2D eigenvalue weighted by Gasteiger charge is 2.24. The lowest BCUT2D eigenvalue weighted by Gasteiger charge is -2.20. The van der Waals surface area contributed by atoms with Crippen molar-refractivity contribution in [2.75, 3.05) is 5.75 Å². The van der Waals surface area contributed by atoms with E-state index in [0.29, 0.717) is 0 Å². The van der Waals surface area contributed by atoms with Gasteiger partial charge in [-0.1, -0.05) is 20.8 Å². The van der Waals surface area contributed by atoms with Gasteiger partial charge in [-0.15, -0.1) is 11.8 Å². The van der Waals surface area contributed by atoms with Crippen LogP contribution in [0.2, 0.25) is 0 Å². The molecule has 2 atom stereocenters. The monoisotopic (exact) mass is 233 g/mol. The number of thioether (sulfide) groups is 1. The molecule has 0 heterocycles. The third-order valence-electron chi connectivity index (χ3n) is 1.94. The summed E-state index contributed by atoms with van der Waals surface area (Å²) in [5.41, 5.74) is 0. The number of amides is 1. The lowest BCUT2D eigenvalue weighted by Crippen LogP contribution is -2.44. The number of aliphatic carboxylic acids is 1. The van der Waals surface area contributed by atoms with E-state index in [1.54, 1.807) is 11.8 Å². The van der Waals surface area contributed by atoms with Crippen molar-refractivity contribution in [3.63, 3.8) is 0 Å². The molecular weight excluding hydrogens is 214 g/mol. The topological polar surface area (TPSA) is 66.4 Å². The maximum Gasteiger partial charge on any atom is 0.325 e. The van der Waals surface area contributed by atoms with Crippen LogP contribution in [0.15, 0.2) is 0 Å². The zero-order valence-electron chi connectivity index (χ0n) is 9.61. The largest absolute Gasteiger partial charge is 0.480 e. The lowest BCUT2D eigenvalue weighted by atomic mass is 10.1. The van der Waals surface area contributed by atoms with Crippen LogP contribution in [0, 0.1) is 5.92 Å². The van der Waals surface area contributed by atoms with Gasteiger partial charge in [0, 0.05) is 0 Å². The molecule has 1 unspecified atom stereocenters. The zero-order valence-corrected chi connectivity index (χ0v) is 10.4. The van der Waals surface area contributed by atoms with Crippen LogP contribution < -0.4 is 5.32 Å².